The van der Waals surface area contributed by atoms with Gasteiger partial charge in [0.1, 0.15) is 0 Å². The third-order valence-electron chi connectivity index (χ3n) is 5.44. The second kappa shape index (κ2) is 10.7. The highest BCUT2D eigenvalue weighted by molar-refractivity contribution is 5.98. The molecule has 6 nitrogen and oxygen atoms in total. The number of nitrogens with one attached hydrogen (secondary N) is 2. The Bertz CT molecular complexity index is 978. The third kappa shape index (κ3) is 5.81. The minimum absolute atomic E-state index is 0.0584. The Kier molecular flexibility index (Phi) is 7.27. The van der Waals surface area contributed by atoms with Gasteiger partial charge in [0.25, 0.3) is 0 Å². The Morgan fingerprint density at radius 2 is 1.25 bits per heavy atom. The van der Waals surface area contributed by atoms with E-state index in [1.165, 1.54) is 0 Å². The molecule has 1 saturated heterocycles. The summed E-state index contributed by atoms with van der Waals surface area (Å²) in [6.45, 7) is 3.20. The van der Waals surface area contributed by atoms with Crippen molar-refractivity contribution in [1.29, 1.82) is 0 Å². The number of hydrogen-bond acceptors (Lipinski definition) is 4. The second-order valence-corrected chi connectivity index (χ2v) is 7.76. The zero-order valence-electron chi connectivity index (χ0n) is 17.9. The molecule has 0 aliphatic carbocycles. The van der Waals surface area contributed by atoms with Crippen LogP contribution in [0.5, 0.6) is 0 Å². The lowest BCUT2D eigenvalue weighted by Crippen LogP contribution is -2.41. The van der Waals surface area contributed by atoms with Crippen molar-refractivity contribution in [1.82, 2.24) is 4.90 Å². The van der Waals surface area contributed by atoms with Crippen LogP contribution < -0.4 is 10.6 Å². The average molecular weight is 430 g/mol. The predicted octanol–water partition coefficient (Wildman–Crippen LogP) is 3.73. The van der Waals surface area contributed by atoms with Crippen LogP contribution >= 0.6 is 0 Å². The summed E-state index contributed by atoms with van der Waals surface area (Å²) in [5.41, 5.74) is 3.24. The van der Waals surface area contributed by atoms with Crippen molar-refractivity contribution in [3.8, 4) is 0 Å². The van der Waals surface area contributed by atoms with Crippen molar-refractivity contribution in [3.63, 3.8) is 0 Å². The Balaban J connectivity index is 1.40. The highest BCUT2D eigenvalue weighted by Crippen LogP contribution is 2.26. The number of carbonyl (C=O) groups excluding carboxylic acids is 2. The highest BCUT2D eigenvalue weighted by atomic mass is 16.5. The average Bonchev–Trinajstić information content (AvgIpc) is 2.82. The summed E-state index contributed by atoms with van der Waals surface area (Å²) in [4.78, 5) is 27.6. The van der Waals surface area contributed by atoms with Crippen LogP contribution in [-0.2, 0) is 14.3 Å². The molecule has 4 rings (SSSR count). The molecule has 0 aromatic heterocycles. The monoisotopic (exact) mass is 429 g/mol. The van der Waals surface area contributed by atoms with E-state index in [2.05, 4.69) is 15.5 Å². The molecule has 1 fully saturated rings. The minimum Gasteiger partial charge on any atom is -0.379 e. The molecule has 0 bridgehead atoms. The van der Waals surface area contributed by atoms with Crippen molar-refractivity contribution >= 4 is 23.2 Å². The van der Waals surface area contributed by atoms with E-state index < -0.39 is 5.92 Å². The number of benzene rings is 3. The maximum atomic E-state index is 13.2. The predicted molar refractivity (Wildman–Crippen MR) is 126 cm³/mol. The van der Waals surface area contributed by atoms with Crippen molar-refractivity contribution in [2.45, 2.75) is 5.92 Å². The van der Waals surface area contributed by atoms with E-state index in [4.69, 9.17) is 4.74 Å². The summed E-state index contributed by atoms with van der Waals surface area (Å²) < 4.78 is 5.31. The van der Waals surface area contributed by atoms with Gasteiger partial charge in [-0.05, 0) is 35.4 Å². The molecule has 6 heteroatoms. The maximum absolute atomic E-state index is 13.2. The summed E-state index contributed by atoms with van der Waals surface area (Å²) in [6, 6.07) is 26.7. The Morgan fingerprint density at radius 1 is 0.750 bits per heavy atom. The van der Waals surface area contributed by atoms with Crippen LogP contribution in [0.3, 0.4) is 0 Å². The molecular weight excluding hydrogens is 402 g/mol. The van der Waals surface area contributed by atoms with Crippen molar-refractivity contribution in [2.24, 2.45) is 0 Å². The molecule has 3 aromatic rings. The molecule has 1 heterocycles. The normalized spacial score (nSPS) is 14.2. The molecule has 0 spiro atoms. The lowest BCUT2D eigenvalue weighted by atomic mass is 9.90. The van der Waals surface area contributed by atoms with E-state index >= 15 is 0 Å². The first-order valence-corrected chi connectivity index (χ1v) is 10.8. The van der Waals surface area contributed by atoms with Gasteiger partial charge in [0.05, 0.1) is 25.7 Å². The van der Waals surface area contributed by atoms with E-state index in [1.54, 1.807) is 24.3 Å². The van der Waals surface area contributed by atoms with Crippen LogP contribution in [-0.4, -0.2) is 49.6 Å². The molecule has 1 aliphatic rings. The summed E-state index contributed by atoms with van der Waals surface area (Å²) >= 11 is 0. The molecule has 3 aromatic carbocycles. The van der Waals surface area contributed by atoms with Crippen LogP contribution in [0.25, 0.3) is 0 Å². The van der Waals surface area contributed by atoms with Crippen LogP contribution in [0.4, 0.5) is 11.4 Å². The van der Waals surface area contributed by atoms with Gasteiger partial charge in [0.15, 0.2) is 0 Å². The first kappa shape index (κ1) is 21.7. The quantitative estimate of drug-likeness (QED) is 0.601. The number of carbonyl (C=O) groups is 2. The molecule has 1 aliphatic heterocycles. The van der Waals surface area contributed by atoms with Gasteiger partial charge < -0.3 is 15.4 Å². The van der Waals surface area contributed by atoms with Crippen LogP contribution in [0.2, 0.25) is 0 Å². The van der Waals surface area contributed by atoms with Gasteiger partial charge >= 0.3 is 0 Å². The SMILES string of the molecule is O=C(CN1CCOCC1)Nc1ccc(NC(=O)C(c2ccccc2)c2ccccc2)cc1. The lowest BCUT2D eigenvalue weighted by molar-refractivity contribution is -0.118. The van der Waals surface area contributed by atoms with Gasteiger partial charge in [0, 0.05) is 24.5 Å². The first-order chi connectivity index (χ1) is 15.7. The first-order valence-electron chi connectivity index (χ1n) is 10.8. The molecule has 2 amide bonds. The standard InChI is InChI=1S/C26H27N3O3/c30-24(19-29-15-17-32-18-16-29)27-22-11-13-23(14-12-22)28-26(31)25(20-7-3-1-4-8-20)21-9-5-2-6-10-21/h1-14,25H,15-19H2,(H,27,30)(H,28,31). The molecule has 2 N–H and O–H groups in total. The Labute approximate surface area is 188 Å². The largest absolute Gasteiger partial charge is 0.379 e. The lowest BCUT2D eigenvalue weighted by Gasteiger charge is -2.25. The maximum Gasteiger partial charge on any atom is 0.238 e. The number of anilines is 2. The number of ether oxygens (including phenoxy) is 1. The number of rotatable bonds is 7. The highest BCUT2D eigenvalue weighted by Gasteiger charge is 2.22. The van der Waals surface area contributed by atoms with Gasteiger partial charge in [-0.3, -0.25) is 14.5 Å². The number of hydrogen-bond donors (Lipinski definition) is 2. The van der Waals surface area contributed by atoms with Crippen LogP contribution in [0.1, 0.15) is 17.0 Å². The zero-order chi connectivity index (χ0) is 22.2. The van der Waals surface area contributed by atoms with E-state index in [9.17, 15) is 9.59 Å². The van der Waals surface area contributed by atoms with Gasteiger partial charge in [-0.25, -0.2) is 0 Å². The van der Waals surface area contributed by atoms with Crippen LogP contribution in [0, 0.1) is 0 Å². The van der Waals surface area contributed by atoms with E-state index in [1.807, 2.05) is 60.7 Å². The number of amides is 2. The van der Waals surface area contributed by atoms with E-state index in [0.29, 0.717) is 31.1 Å². The fourth-order valence-corrected chi connectivity index (χ4v) is 3.80. The summed E-state index contributed by atoms with van der Waals surface area (Å²) in [5, 5.41) is 5.92. The Morgan fingerprint density at radius 3 is 1.78 bits per heavy atom. The fourth-order valence-electron chi connectivity index (χ4n) is 3.80. The molecular formula is C26H27N3O3. The summed E-state index contributed by atoms with van der Waals surface area (Å²) in [7, 11) is 0. The summed E-state index contributed by atoms with van der Waals surface area (Å²) in [6.07, 6.45) is 0. The zero-order valence-corrected chi connectivity index (χ0v) is 17.9. The van der Waals surface area contributed by atoms with Gasteiger partial charge in [-0.15, -0.1) is 0 Å². The Hall–Kier alpha value is -3.48. The summed E-state index contributed by atoms with van der Waals surface area (Å²) in [5.74, 6) is -0.575. The molecule has 32 heavy (non-hydrogen) atoms. The van der Waals surface area contributed by atoms with Crippen molar-refractivity contribution < 1.29 is 14.3 Å². The molecule has 0 saturated carbocycles. The molecule has 0 radical (unpaired) electrons. The topological polar surface area (TPSA) is 70.7 Å². The van der Waals surface area contributed by atoms with E-state index in [-0.39, 0.29) is 11.8 Å². The van der Waals surface area contributed by atoms with Gasteiger partial charge in [-0.2, -0.15) is 0 Å². The smallest absolute Gasteiger partial charge is 0.238 e. The third-order valence-corrected chi connectivity index (χ3v) is 5.44. The van der Waals surface area contributed by atoms with Crippen LogP contribution in [0.15, 0.2) is 84.9 Å². The molecule has 0 atom stereocenters. The van der Waals surface area contributed by atoms with Gasteiger partial charge in [0.2, 0.25) is 11.8 Å². The molecule has 164 valence electrons. The number of nitrogens with zero attached hydrogens (tertiary/aromatic N) is 1. The van der Waals surface area contributed by atoms with Crippen molar-refractivity contribution in [3.05, 3.63) is 96.1 Å². The fraction of sp³-hybridized carbons (Fsp3) is 0.231. The number of morpholine rings is 1. The van der Waals surface area contributed by atoms with E-state index in [0.717, 1.165) is 24.2 Å². The minimum atomic E-state index is -0.412. The van der Waals surface area contributed by atoms with Gasteiger partial charge in [-0.1, -0.05) is 60.7 Å². The molecule has 0 unspecified atom stereocenters. The van der Waals surface area contributed by atoms with Crippen molar-refractivity contribution in [2.75, 3.05) is 43.5 Å². The second-order valence-electron chi connectivity index (χ2n) is 7.76.